The third-order valence-corrected chi connectivity index (χ3v) is 18.5. The molecule has 0 saturated carbocycles. The number of Topliss-reactive ketones (excluding diaryl/α,β-unsaturated/α-hetero) is 3. The van der Waals surface area contributed by atoms with Crippen molar-refractivity contribution >= 4 is 169 Å². The zero-order chi connectivity index (χ0) is 74.1. The van der Waals surface area contributed by atoms with E-state index in [0.717, 1.165) is 46.1 Å². The third-order valence-electron chi connectivity index (χ3n) is 13.8. The van der Waals surface area contributed by atoms with Crippen LogP contribution in [0.3, 0.4) is 0 Å². The zero-order valence-electron chi connectivity index (χ0n) is 57.5. The number of rotatable bonds is 13. The summed E-state index contributed by atoms with van der Waals surface area (Å²) in [6.07, 6.45) is 0.295. The molecule has 0 aromatic heterocycles. The molecule has 32 heteroatoms. The molecular formula is C70H105Cl4InN4O19S4. The second-order valence-corrected chi connectivity index (χ2v) is 42.7. The van der Waals surface area contributed by atoms with Crippen LogP contribution in [0.1, 0.15) is 133 Å². The van der Waals surface area contributed by atoms with Crippen LogP contribution in [-0.2, 0) is 86.5 Å². The standard InChI is InChI=1S/C18H23NO4S2.C16H19NO5.C13H21NO5.C10H17NO3.C8H7ClO2.C2H6S2.3CH4.3ClH.In/c1-2-22-16(20)15-12-19(9-8-18(15)24-10-11-25-18)17(21)23-13-14-6-4-3-5-7-14;1-2-21-15(19)13-10-17(9-8-14(13)18)16(20)22-11-12-6-4-3-5-7-12;1-5-18-11(16)9-8-14(7-6-10(9)15)12(17)19-13(2,3)4;1-10(2,3)14-9(13)11-6-4-8(12)5-7-11;9-8(10)11-6-7-4-2-1-3-5-7;3-1-2-4;;;;;;;/h3-7,15H,2,8-13H2,1H3;3-7,13H,2,8-11H2,1H3;9H,5-8H2,1-4H3;4-7H2,1-3H3;1-5H,6H2;3-4H,1-2H2;3*1H4;3*1H;/q;;;;;;;;;;;;+3/p-3. The first-order chi connectivity index (χ1) is 46.8. The number of thioether (sulfide) groups is 2. The summed E-state index contributed by atoms with van der Waals surface area (Å²) in [5.74, 6) is 0.249. The van der Waals surface area contributed by atoms with Crippen LogP contribution < -0.4 is 0 Å². The molecule has 0 aliphatic carbocycles. The number of amides is 4. The quantitative estimate of drug-likeness (QED) is 0.0529. The molecule has 3 aromatic carbocycles. The Balaban J connectivity index is 0. The van der Waals surface area contributed by atoms with Gasteiger partial charge in [0.15, 0.2) is 11.6 Å². The summed E-state index contributed by atoms with van der Waals surface area (Å²) in [4.78, 5) is 134. The molecule has 5 aliphatic heterocycles. The Morgan fingerprint density at radius 1 is 0.480 bits per heavy atom. The molecule has 1 spiro atoms. The van der Waals surface area contributed by atoms with Gasteiger partial charge in [-0.3, -0.25) is 28.8 Å². The number of ketones is 3. The molecule has 5 fully saturated rings. The number of esters is 3. The van der Waals surface area contributed by atoms with Gasteiger partial charge in [-0.15, -0.1) is 23.5 Å². The van der Waals surface area contributed by atoms with Crippen molar-refractivity contribution in [3.05, 3.63) is 108 Å². The molecule has 5 saturated heterocycles. The molecule has 8 rings (SSSR count). The van der Waals surface area contributed by atoms with E-state index in [1.165, 1.54) is 9.80 Å². The average Bonchev–Trinajstić information content (AvgIpc) is 1.53. The molecule has 574 valence electrons. The van der Waals surface area contributed by atoms with Crippen molar-refractivity contribution < 1.29 is 90.6 Å². The van der Waals surface area contributed by atoms with Gasteiger partial charge in [0.2, 0.25) is 0 Å². The molecule has 3 unspecified atom stereocenters. The number of thiol groups is 2. The number of benzene rings is 3. The van der Waals surface area contributed by atoms with Crippen molar-refractivity contribution in [1.29, 1.82) is 0 Å². The Morgan fingerprint density at radius 2 is 0.804 bits per heavy atom. The van der Waals surface area contributed by atoms with Crippen LogP contribution in [0.25, 0.3) is 0 Å². The van der Waals surface area contributed by atoms with E-state index < -0.39 is 70.5 Å². The molecule has 4 amide bonds. The summed E-state index contributed by atoms with van der Waals surface area (Å²) in [6, 6.07) is 28.3. The molecule has 0 bridgehead atoms. The Morgan fingerprint density at radius 3 is 1.15 bits per heavy atom. The van der Waals surface area contributed by atoms with Crippen molar-refractivity contribution in [3.63, 3.8) is 0 Å². The Hall–Kier alpha value is -4.94. The van der Waals surface area contributed by atoms with Crippen LogP contribution in [0.15, 0.2) is 91.0 Å². The SMILES string of the molecule is C.C.C.CC(C)(C)OC(=O)N1CCC(=O)CC1.CCOC(=O)C1CN(C(=O)OC(C)(C)C)CCC1=O.CCOC(=O)C1CN(C(=O)OCc2ccccc2)CCC12SCCS2.CCOC(=O)C1CN(C(=O)OCc2ccccc2)CCC1=O.O=C(Cl)OCc1ccccc1.SCCS.[Cl][In]([Cl])[Cl]. The monoisotopic (exact) mass is 1690 g/mol. The van der Waals surface area contributed by atoms with Gasteiger partial charge in [-0.05, 0) is 96.9 Å². The predicted molar refractivity (Wildman–Crippen MR) is 412 cm³/mol. The summed E-state index contributed by atoms with van der Waals surface area (Å²) >= 11 is 14.1. The third kappa shape index (κ3) is 41.1. The predicted octanol–water partition coefficient (Wildman–Crippen LogP) is 15.1. The molecule has 5 heterocycles. The van der Waals surface area contributed by atoms with Gasteiger partial charge in [-0.2, -0.15) is 25.3 Å². The maximum atomic E-state index is 12.5. The van der Waals surface area contributed by atoms with Crippen LogP contribution in [0.2, 0.25) is 0 Å². The van der Waals surface area contributed by atoms with Gasteiger partial charge in [-0.25, -0.2) is 24.0 Å². The fourth-order valence-electron chi connectivity index (χ4n) is 9.22. The van der Waals surface area contributed by atoms with Gasteiger partial charge in [-0.1, -0.05) is 113 Å². The van der Waals surface area contributed by atoms with Crippen molar-refractivity contribution in [2.75, 3.05) is 95.2 Å². The van der Waals surface area contributed by atoms with E-state index in [9.17, 15) is 52.7 Å². The number of likely N-dealkylation sites (tertiary alicyclic amines) is 4. The number of piperidine rings is 4. The molecule has 3 atom stereocenters. The van der Waals surface area contributed by atoms with E-state index in [0.29, 0.717) is 45.6 Å². The summed E-state index contributed by atoms with van der Waals surface area (Å²) in [7, 11) is 15.0. The minimum absolute atomic E-state index is 0. The molecular weight excluding hydrogens is 1590 g/mol. The zero-order valence-corrected chi connectivity index (χ0v) is 67.2. The van der Waals surface area contributed by atoms with Crippen LogP contribution >= 0.6 is 86.1 Å². The number of nitrogens with zero attached hydrogens (tertiary/aromatic N) is 4. The van der Waals surface area contributed by atoms with Gasteiger partial charge >= 0.3 is 91.3 Å². The second-order valence-electron chi connectivity index (χ2n) is 23.7. The normalized spacial score (nSPS) is 17.0. The fraction of sp³-hybridized carbons (Fsp3) is 0.586. The van der Waals surface area contributed by atoms with E-state index in [-0.39, 0.29) is 140 Å². The first-order valence-electron chi connectivity index (χ1n) is 32.0. The average molecular weight is 1690 g/mol. The van der Waals surface area contributed by atoms with E-state index >= 15 is 0 Å². The maximum absolute atomic E-state index is 12.5. The number of hydrogen-bond acceptors (Lipinski definition) is 23. The van der Waals surface area contributed by atoms with Crippen LogP contribution in [-0.4, -0.2) is 213 Å². The Bertz CT molecular complexity index is 2980. The summed E-state index contributed by atoms with van der Waals surface area (Å²) in [6.45, 7) is 20.0. The van der Waals surface area contributed by atoms with E-state index in [2.05, 4.69) is 30.0 Å². The number of carbonyl (C=O) groups excluding carboxylic acids is 11. The first kappa shape index (κ1) is 99.1. The first-order valence-corrected chi connectivity index (χ1v) is 48.2. The van der Waals surface area contributed by atoms with Gasteiger partial charge < -0.3 is 57.5 Å². The summed E-state index contributed by atoms with van der Waals surface area (Å²) in [5, 5.41) is 0. The topological polar surface area (TPSA) is 275 Å². The van der Waals surface area contributed by atoms with Crippen molar-refractivity contribution in [2.24, 2.45) is 17.8 Å². The number of halogens is 4. The van der Waals surface area contributed by atoms with Crippen molar-refractivity contribution in [1.82, 2.24) is 19.6 Å². The van der Waals surface area contributed by atoms with Crippen LogP contribution in [0.4, 0.5) is 24.0 Å². The molecule has 102 heavy (non-hydrogen) atoms. The van der Waals surface area contributed by atoms with Crippen molar-refractivity contribution in [2.45, 2.75) is 152 Å². The Labute approximate surface area is 646 Å². The number of hydrogen-bond donors (Lipinski definition) is 2. The van der Waals surface area contributed by atoms with Gasteiger partial charge in [0, 0.05) is 101 Å². The van der Waals surface area contributed by atoms with Gasteiger partial charge in [0.05, 0.1) is 29.8 Å². The molecule has 0 N–H and O–H groups in total. The van der Waals surface area contributed by atoms with Gasteiger partial charge in [0.25, 0.3) is 0 Å². The molecule has 5 aliphatic rings. The number of carbonyl (C=O) groups is 11. The van der Waals surface area contributed by atoms with Crippen molar-refractivity contribution in [3.8, 4) is 0 Å². The van der Waals surface area contributed by atoms with Crippen LogP contribution in [0.5, 0.6) is 0 Å². The van der Waals surface area contributed by atoms with E-state index in [4.69, 9.17) is 70.5 Å². The van der Waals surface area contributed by atoms with Gasteiger partial charge in [0.1, 0.15) is 48.6 Å². The molecule has 0 radical (unpaired) electrons. The Kier molecular flexibility index (Phi) is 52.2. The number of ether oxygens (including phenoxy) is 8. The fourth-order valence-corrected chi connectivity index (χ4v) is 12.7. The molecule has 23 nitrogen and oxygen atoms in total. The summed E-state index contributed by atoms with van der Waals surface area (Å²) < 4.78 is 40.5. The van der Waals surface area contributed by atoms with Crippen LogP contribution in [0, 0.1) is 17.8 Å². The minimum atomic E-state index is -2.22. The van der Waals surface area contributed by atoms with E-state index in [1.807, 2.05) is 142 Å². The van der Waals surface area contributed by atoms with E-state index in [1.54, 1.807) is 44.4 Å². The second kappa shape index (κ2) is 53.8. The molecule has 3 aromatic rings. The summed E-state index contributed by atoms with van der Waals surface area (Å²) in [5.41, 5.74) is 0.936.